The van der Waals surface area contributed by atoms with Crippen LogP contribution in [0.3, 0.4) is 0 Å². The van der Waals surface area contributed by atoms with Crippen molar-refractivity contribution < 1.29 is 9.53 Å². The van der Waals surface area contributed by atoms with Crippen LogP contribution in [-0.2, 0) is 11.3 Å². The lowest BCUT2D eigenvalue weighted by Gasteiger charge is -2.11. The summed E-state index contributed by atoms with van der Waals surface area (Å²) in [6, 6.07) is 24.9. The van der Waals surface area contributed by atoms with Gasteiger partial charge in [0.05, 0.1) is 12.9 Å². The van der Waals surface area contributed by atoms with Gasteiger partial charge in [0.15, 0.2) is 11.0 Å². The molecule has 8 heteroatoms. The summed E-state index contributed by atoms with van der Waals surface area (Å²) in [4.78, 5) is 12.4. The molecule has 6 nitrogen and oxygen atoms in total. The number of ether oxygens (including phenoxy) is 1. The number of hydrogen-bond acceptors (Lipinski definition) is 5. The number of aromatic nitrogens is 3. The largest absolute Gasteiger partial charge is 0.497 e. The van der Waals surface area contributed by atoms with Crippen molar-refractivity contribution in [2.45, 2.75) is 11.7 Å². The molecule has 0 spiro atoms. The summed E-state index contributed by atoms with van der Waals surface area (Å²) >= 11 is 7.25. The second kappa shape index (κ2) is 10.3. The van der Waals surface area contributed by atoms with E-state index in [1.165, 1.54) is 11.8 Å². The lowest BCUT2D eigenvalue weighted by Crippen LogP contribution is -2.24. The zero-order chi connectivity index (χ0) is 22.3. The van der Waals surface area contributed by atoms with Crippen LogP contribution in [0.2, 0.25) is 5.02 Å². The lowest BCUT2D eigenvalue weighted by atomic mass is 10.2. The maximum absolute atomic E-state index is 12.4. The number of nitrogens with one attached hydrogen (secondary N) is 1. The van der Waals surface area contributed by atoms with Gasteiger partial charge in [-0.1, -0.05) is 65.8 Å². The van der Waals surface area contributed by atoms with E-state index in [0.29, 0.717) is 22.5 Å². The monoisotopic (exact) mass is 464 g/mol. The molecule has 4 aromatic rings. The number of carbonyl (C=O) groups is 1. The van der Waals surface area contributed by atoms with E-state index in [9.17, 15) is 4.79 Å². The van der Waals surface area contributed by atoms with Crippen molar-refractivity contribution in [3.8, 4) is 22.8 Å². The van der Waals surface area contributed by atoms with Gasteiger partial charge < -0.3 is 10.1 Å². The Balaban J connectivity index is 1.52. The fourth-order valence-corrected chi connectivity index (χ4v) is 3.99. The Kier molecular flexibility index (Phi) is 7.09. The molecule has 1 aromatic heterocycles. The Labute approximate surface area is 195 Å². The number of methoxy groups -OCH3 is 1. The van der Waals surface area contributed by atoms with E-state index in [4.69, 9.17) is 16.3 Å². The van der Waals surface area contributed by atoms with Crippen molar-refractivity contribution >= 4 is 29.3 Å². The minimum absolute atomic E-state index is 0.0875. The van der Waals surface area contributed by atoms with Crippen LogP contribution in [0.1, 0.15) is 5.56 Å². The maximum atomic E-state index is 12.4. The molecule has 0 saturated carbocycles. The summed E-state index contributed by atoms with van der Waals surface area (Å²) in [6.45, 7) is 0.441. The highest BCUT2D eigenvalue weighted by molar-refractivity contribution is 7.99. The molecule has 0 atom stereocenters. The number of carbonyl (C=O) groups excluding carboxylic acids is 1. The van der Waals surface area contributed by atoms with Crippen LogP contribution >= 0.6 is 23.4 Å². The van der Waals surface area contributed by atoms with Crippen LogP contribution in [0.4, 0.5) is 0 Å². The maximum Gasteiger partial charge on any atom is 0.230 e. The van der Waals surface area contributed by atoms with E-state index in [0.717, 1.165) is 22.6 Å². The molecule has 0 unspecified atom stereocenters. The Morgan fingerprint density at radius 2 is 1.72 bits per heavy atom. The van der Waals surface area contributed by atoms with Gasteiger partial charge in [0.25, 0.3) is 0 Å². The SMILES string of the molecule is COc1ccc(-n2c(SCC(=O)NCc3ccc(Cl)cc3)nnc2-c2ccccc2)cc1. The van der Waals surface area contributed by atoms with Crippen LogP contribution < -0.4 is 10.1 Å². The average molecular weight is 465 g/mol. The third-order valence-corrected chi connectivity index (χ3v) is 5.91. The highest BCUT2D eigenvalue weighted by Crippen LogP contribution is 2.28. The number of hydrogen-bond donors (Lipinski definition) is 1. The number of halogens is 1. The molecule has 3 aromatic carbocycles. The van der Waals surface area contributed by atoms with Gasteiger partial charge >= 0.3 is 0 Å². The van der Waals surface area contributed by atoms with Gasteiger partial charge in [0.1, 0.15) is 5.75 Å². The summed E-state index contributed by atoms with van der Waals surface area (Å²) in [5, 5.41) is 13.0. The van der Waals surface area contributed by atoms with Gasteiger partial charge in [-0.15, -0.1) is 10.2 Å². The number of rotatable bonds is 8. The molecule has 32 heavy (non-hydrogen) atoms. The van der Waals surface area contributed by atoms with Gasteiger partial charge in [-0.25, -0.2) is 0 Å². The van der Waals surface area contributed by atoms with E-state index in [-0.39, 0.29) is 11.7 Å². The second-order valence-corrected chi connectivity index (χ2v) is 8.28. The molecule has 162 valence electrons. The molecule has 0 bridgehead atoms. The van der Waals surface area contributed by atoms with Crippen molar-refractivity contribution in [1.29, 1.82) is 0 Å². The molecule has 1 N–H and O–H groups in total. The molecule has 0 aliphatic rings. The van der Waals surface area contributed by atoms with Crippen LogP contribution in [0.15, 0.2) is 84.0 Å². The van der Waals surface area contributed by atoms with E-state index in [1.807, 2.05) is 71.3 Å². The van der Waals surface area contributed by atoms with E-state index < -0.39 is 0 Å². The zero-order valence-corrected chi connectivity index (χ0v) is 18.9. The minimum atomic E-state index is -0.0875. The van der Waals surface area contributed by atoms with Crippen LogP contribution in [0.5, 0.6) is 5.75 Å². The van der Waals surface area contributed by atoms with Crippen LogP contribution in [-0.4, -0.2) is 33.5 Å². The predicted molar refractivity (Wildman–Crippen MR) is 127 cm³/mol. The first-order chi connectivity index (χ1) is 15.6. The van der Waals surface area contributed by atoms with E-state index in [1.54, 1.807) is 19.2 Å². The number of benzene rings is 3. The Morgan fingerprint density at radius 3 is 2.41 bits per heavy atom. The third-order valence-electron chi connectivity index (χ3n) is 4.73. The second-order valence-electron chi connectivity index (χ2n) is 6.90. The van der Waals surface area contributed by atoms with Gasteiger partial charge in [-0.05, 0) is 42.0 Å². The van der Waals surface area contributed by atoms with Crippen LogP contribution in [0.25, 0.3) is 17.1 Å². The summed E-state index contributed by atoms with van der Waals surface area (Å²) in [5.74, 6) is 1.60. The lowest BCUT2D eigenvalue weighted by molar-refractivity contribution is -0.118. The van der Waals surface area contributed by atoms with Crippen LogP contribution in [0, 0.1) is 0 Å². The number of amides is 1. The molecule has 0 aliphatic carbocycles. The summed E-state index contributed by atoms with van der Waals surface area (Å²) in [6.07, 6.45) is 0. The van der Waals surface area contributed by atoms with E-state index in [2.05, 4.69) is 15.5 Å². The summed E-state index contributed by atoms with van der Waals surface area (Å²) in [5.41, 5.74) is 2.81. The molecule has 4 rings (SSSR count). The first-order valence-electron chi connectivity index (χ1n) is 9.93. The highest BCUT2D eigenvalue weighted by Gasteiger charge is 2.17. The summed E-state index contributed by atoms with van der Waals surface area (Å²) < 4.78 is 7.22. The Hall–Kier alpha value is -3.29. The van der Waals surface area contributed by atoms with Crippen molar-refractivity contribution in [3.63, 3.8) is 0 Å². The quantitative estimate of drug-likeness (QED) is 0.371. The minimum Gasteiger partial charge on any atom is -0.497 e. The van der Waals surface area contributed by atoms with Crippen molar-refractivity contribution in [2.24, 2.45) is 0 Å². The van der Waals surface area contributed by atoms with Crippen molar-refractivity contribution in [2.75, 3.05) is 12.9 Å². The van der Waals surface area contributed by atoms with Gasteiger partial charge in [0, 0.05) is 22.8 Å². The normalized spacial score (nSPS) is 10.7. The molecule has 0 fully saturated rings. The van der Waals surface area contributed by atoms with Crippen molar-refractivity contribution in [1.82, 2.24) is 20.1 Å². The zero-order valence-electron chi connectivity index (χ0n) is 17.4. The molecule has 0 aliphatic heterocycles. The molecular weight excluding hydrogens is 444 g/mol. The summed E-state index contributed by atoms with van der Waals surface area (Å²) in [7, 11) is 1.63. The van der Waals surface area contributed by atoms with E-state index >= 15 is 0 Å². The van der Waals surface area contributed by atoms with Gasteiger partial charge in [-0.3, -0.25) is 9.36 Å². The van der Waals surface area contributed by atoms with Gasteiger partial charge in [-0.2, -0.15) is 0 Å². The van der Waals surface area contributed by atoms with Crippen molar-refractivity contribution in [3.05, 3.63) is 89.4 Å². The highest BCUT2D eigenvalue weighted by atomic mass is 35.5. The molecule has 0 radical (unpaired) electrons. The standard InChI is InChI=1S/C24H21ClN4O2S/c1-31-21-13-11-20(12-14-21)29-23(18-5-3-2-4-6-18)27-28-24(29)32-16-22(30)26-15-17-7-9-19(25)10-8-17/h2-14H,15-16H2,1H3,(H,26,30). The molecular formula is C24H21ClN4O2S. The Bertz CT molecular complexity index is 1180. The first-order valence-corrected chi connectivity index (χ1v) is 11.3. The topological polar surface area (TPSA) is 69.0 Å². The smallest absolute Gasteiger partial charge is 0.230 e. The fraction of sp³-hybridized carbons (Fsp3) is 0.125. The Morgan fingerprint density at radius 1 is 1.00 bits per heavy atom. The fourth-order valence-electron chi connectivity index (χ4n) is 3.09. The average Bonchev–Trinajstić information content (AvgIpc) is 3.27. The predicted octanol–water partition coefficient (Wildman–Crippen LogP) is 5.00. The first kappa shape index (κ1) is 21.9. The third kappa shape index (κ3) is 5.30. The molecule has 1 amide bonds. The van der Waals surface area contributed by atoms with Gasteiger partial charge in [0.2, 0.25) is 5.91 Å². The molecule has 0 saturated heterocycles. The number of nitrogens with zero attached hydrogens (tertiary/aromatic N) is 3. The molecule has 1 heterocycles. The number of thioether (sulfide) groups is 1.